The lowest BCUT2D eigenvalue weighted by Gasteiger charge is -2.41. The summed E-state index contributed by atoms with van der Waals surface area (Å²) in [5.74, 6) is -2.25. The highest BCUT2D eigenvalue weighted by Crippen LogP contribution is 2.41. The largest absolute Gasteiger partial charge is 0.633 e. The first-order chi connectivity index (χ1) is 19.8. The molecule has 1 amide bonds. The van der Waals surface area contributed by atoms with Crippen molar-refractivity contribution in [1.29, 1.82) is 0 Å². The lowest BCUT2D eigenvalue weighted by atomic mass is 9.85. The van der Waals surface area contributed by atoms with Gasteiger partial charge in [-0.1, -0.05) is 25.1 Å². The first-order valence-corrected chi connectivity index (χ1v) is 13.9. The van der Waals surface area contributed by atoms with Crippen molar-refractivity contribution in [3.63, 3.8) is 0 Å². The highest BCUT2D eigenvalue weighted by molar-refractivity contribution is 5.98. The van der Waals surface area contributed by atoms with E-state index in [1.807, 2.05) is 30.3 Å². The van der Waals surface area contributed by atoms with E-state index in [0.717, 1.165) is 16.5 Å². The van der Waals surface area contributed by atoms with Crippen LogP contribution in [0, 0.1) is 5.21 Å². The van der Waals surface area contributed by atoms with Crippen LogP contribution in [0.15, 0.2) is 52.8 Å². The van der Waals surface area contributed by atoms with Crippen molar-refractivity contribution < 1.29 is 28.9 Å². The normalized spacial score (nSPS) is 23.0. The third-order valence-corrected chi connectivity index (χ3v) is 8.64. The Bertz CT molecular complexity index is 1790. The van der Waals surface area contributed by atoms with Crippen LogP contribution in [0.2, 0.25) is 0 Å². The molecule has 11 nitrogen and oxygen atoms in total. The molecule has 1 unspecified atom stereocenters. The molecule has 1 aromatic carbocycles. The number of carbonyl (C=O) groups is 3. The first kappa shape index (κ1) is 27.8. The zero-order valence-corrected chi connectivity index (χ0v) is 24.1. The van der Waals surface area contributed by atoms with Gasteiger partial charge in [0.15, 0.2) is 0 Å². The van der Waals surface area contributed by atoms with Crippen molar-refractivity contribution in [2.75, 3.05) is 6.54 Å². The smallest absolute Gasteiger partial charge is 0.355 e. The molecule has 11 heteroatoms. The van der Waals surface area contributed by atoms with Crippen LogP contribution in [-0.4, -0.2) is 45.0 Å². The molecule has 3 aliphatic rings. The number of aromatic nitrogens is 2. The van der Waals surface area contributed by atoms with Crippen LogP contribution in [0.25, 0.3) is 22.3 Å². The average Bonchev–Trinajstić information content (AvgIpc) is 3.39. The number of quaternary nitrogens is 1. The molecule has 0 spiro atoms. The number of esters is 2. The fourth-order valence-corrected chi connectivity index (χ4v) is 6.44. The predicted octanol–water partition coefficient (Wildman–Crippen LogP) is 1.63. The second-order valence-corrected chi connectivity index (χ2v) is 12.1. The summed E-state index contributed by atoms with van der Waals surface area (Å²) in [6.07, 6.45) is 1.61. The number of hydrogen-bond donors (Lipinski definition) is 2. The minimum Gasteiger partial charge on any atom is -0.633 e. The fraction of sp³-hybridized carbons (Fsp3) is 0.387. The minimum atomic E-state index is -1.88. The Balaban J connectivity index is 1.32. The third-order valence-electron chi connectivity index (χ3n) is 8.64. The number of rotatable bonds is 5. The molecule has 218 valence electrons. The highest BCUT2D eigenvalue weighted by atomic mass is 16.6. The number of amides is 1. The second kappa shape index (κ2) is 9.33. The molecule has 6 rings (SSSR count). The lowest BCUT2D eigenvalue weighted by molar-refractivity contribution is -0.927. The van der Waals surface area contributed by atoms with Gasteiger partial charge in [-0.25, -0.2) is 9.78 Å². The van der Waals surface area contributed by atoms with Gasteiger partial charge >= 0.3 is 11.9 Å². The van der Waals surface area contributed by atoms with E-state index < -0.39 is 41.1 Å². The zero-order chi connectivity index (χ0) is 30.2. The van der Waals surface area contributed by atoms with Gasteiger partial charge in [0.2, 0.25) is 5.60 Å². The van der Waals surface area contributed by atoms with E-state index in [9.17, 15) is 24.4 Å². The number of para-hydroxylation sites is 1. The Labute approximate surface area is 241 Å². The molecule has 2 N–H and O–H groups in total. The summed E-state index contributed by atoms with van der Waals surface area (Å²) in [6.45, 7) is 7.99. The minimum absolute atomic E-state index is 0.000292. The molecular weight excluding hydrogens is 540 g/mol. The number of nitrogens with zero attached hydrogens (tertiary/aromatic N) is 2. The standard InChI is InChI=1S/C31H32N4O7/c1-6-31(42-24(36)14-32-26(37)21-13-29(2,3)35(40)30(21,4)5)20-12-23-25-18(11-17-9-7-8-10-22(17)33-25)15-34(23)27(38)19(20)16-41-28(31)39/h7-13,35H,6,14-16H2,1-5H3,(H,32,37)/t31-/m0/s1. The van der Waals surface area contributed by atoms with Gasteiger partial charge in [0.25, 0.3) is 11.5 Å². The lowest BCUT2D eigenvalue weighted by Crippen LogP contribution is -3.20. The molecule has 42 heavy (non-hydrogen) atoms. The van der Waals surface area contributed by atoms with Gasteiger partial charge < -0.3 is 29.6 Å². The molecule has 2 aromatic heterocycles. The molecule has 3 aromatic rings. The van der Waals surface area contributed by atoms with Crippen LogP contribution in [0.3, 0.4) is 0 Å². The molecule has 0 aliphatic carbocycles. The van der Waals surface area contributed by atoms with Gasteiger partial charge in [0.1, 0.15) is 24.2 Å². The number of nitrogens with one attached hydrogen (secondary N) is 2. The maximum absolute atomic E-state index is 13.7. The van der Waals surface area contributed by atoms with Crippen molar-refractivity contribution in [3.8, 4) is 11.4 Å². The first-order valence-electron chi connectivity index (χ1n) is 13.9. The van der Waals surface area contributed by atoms with Crippen LogP contribution in [0.5, 0.6) is 0 Å². The van der Waals surface area contributed by atoms with Crippen molar-refractivity contribution in [1.82, 2.24) is 14.9 Å². The summed E-state index contributed by atoms with van der Waals surface area (Å²) < 4.78 is 12.8. The average molecular weight is 573 g/mol. The van der Waals surface area contributed by atoms with E-state index in [-0.39, 0.29) is 40.4 Å². The Morgan fingerprint density at radius 2 is 1.90 bits per heavy atom. The Kier molecular flexibility index (Phi) is 6.18. The predicted molar refractivity (Wildman–Crippen MR) is 152 cm³/mol. The maximum atomic E-state index is 13.7. The monoisotopic (exact) mass is 572 g/mol. The molecule has 3 aliphatic heterocycles. The summed E-state index contributed by atoms with van der Waals surface area (Å²) in [6, 6.07) is 11.3. The van der Waals surface area contributed by atoms with Gasteiger partial charge in [0, 0.05) is 16.5 Å². The summed E-state index contributed by atoms with van der Waals surface area (Å²) >= 11 is 0. The summed E-state index contributed by atoms with van der Waals surface area (Å²) in [7, 11) is 0. The van der Waals surface area contributed by atoms with E-state index >= 15 is 0 Å². The summed E-state index contributed by atoms with van der Waals surface area (Å²) in [4.78, 5) is 57.9. The van der Waals surface area contributed by atoms with E-state index in [4.69, 9.17) is 14.5 Å². The number of hydroxylamine groups is 2. The van der Waals surface area contributed by atoms with E-state index in [1.165, 1.54) is 0 Å². The van der Waals surface area contributed by atoms with E-state index in [0.29, 0.717) is 17.9 Å². The molecule has 0 bridgehead atoms. The number of cyclic esters (lactones) is 1. The zero-order valence-electron chi connectivity index (χ0n) is 24.1. The van der Waals surface area contributed by atoms with Gasteiger partial charge in [-0.3, -0.25) is 14.4 Å². The Hall–Kier alpha value is -4.35. The molecule has 0 fully saturated rings. The molecular formula is C31H32N4O7. The fourth-order valence-electron chi connectivity index (χ4n) is 6.44. The van der Waals surface area contributed by atoms with Crippen LogP contribution in [0.4, 0.5) is 0 Å². The molecule has 0 radical (unpaired) electrons. The number of pyridine rings is 2. The van der Waals surface area contributed by atoms with Crippen molar-refractivity contribution in [3.05, 3.63) is 80.3 Å². The Morgan fingerprint density at radius 3 is 2.60 bits per heavy atom. The maximum Gasteiger partial charge on any atom is 0.355 e. The number of ether oxygens (including phenoxy) is 2. The highest BCUT2D eigenvalue weighted by Gasteiger charge is 2.51. The summed E-state index contributed by atoms with van der Waals surface area (Å²) in [5.41, 5.74) is -0.522. The molecule has 0 saturated carbocycles. The van der Waals surface area contributed by atoms with Crippen molar-refractivity contribution in [2.24, 2.45) is 0 Å². The Morgan fingerprint density at radius 1 is 1.17 bits per heavy atom. The number of carbonyl (C=O) groups excluding carboxylic acids is 3. The van der Waals surface area contributed by atoms with Gasteiger partial charge in [0.05, 0.1) is 34.6 Å². The van der Waals surface area contributed by atoms with Gasteiger partial charge in [-0.05, 0) is 58.4 Å². The van der Waals surface area contributed by atoms with Gasteiger partial charge in [-0.2, -0.15) is 0 Å². The van der Waals surface area contributed by atoms with Crippen molar-refractivity contribution >= 4 is 28.7 Å². The number of fused-ring (bicyclic) bond motifs is 5. The molecule has 2 atom stereocenters. The van der Waals surface area contributed by atoms with E-state index in [2.05, 4.69) is 5.32 Å². The molecule has 5 heterocycles. The van der Waals surface area contributed by atoms with Crippen LogP contribution < -0.4 is 15.9 Å². The number of hydrogen-bond acceptors (Lipinski definition) is 8. The van der Waals surface area contributed by atoms with Gasteiger partial charge in [-0.15, -0.1) is 0 Å². The SMILES string of the molecule is CC[C@@]1(OC(=O)CNC(=O)C2=CC(C)(C)[NH+]([O-])C2(C)C)C(=O)OCc2c1cc1n(c2=O)Cc2cc3ccccc3nc2-1. The van der Waals surface area contributed by atoms with E-state index in [1.54, 1.807) is 51.3 Å². The summed E-state index contributed by atoms with van der Waals surface area (Å²) in [5, 5.41) is 16.1. The van der Waals surface area contributed by atoms with Crippen LogP contribution in [0.1, 0.15) is 57.7 Å². The van der Waals surface area contributed by atoms with Crippen molar-refractivity contribution in [2.45, 2.75) is 70.9 Å². The number of benzene rings is 1. The third kappa shape index (κ3) is 3.98. The van der Waals surface area contributed by atoms with Crippen LogP contribution >= 0.6 is 0 Å². The topological polar surface area (TPSA) is 144 Å². The quantitative estimate of drug-likeness (QED) is 0.271. The van der Waals surface area contributed by atoms with Crippen LogP contribution in [-0.2, 0) is 42.6 Å². The second-order valence-electron chi connectivity index (χ2n) is 12.1. The molecule has 0 saturated heterocycles.